The molecule has 1 atom stereocenters. The Morgan fingerprint density at radius 1 is 1.56 bits per heavy atom. The van der Waals surface area contributed by atoms with E-state index in [2.05, 4.69) is 10.2 Å². The van der Waals surface area contributed by atoms with E-state index in [0.717, 1.165) is 12.8 Å². The number of anilines is 1. The number of nitrogens with two attached hydrogens (primary N) is 1. The van der Waals surface area contributed by atoms with Crippen molar-refractivity contribution in [2.45, 2.75) is 38.3 Å². The monoisotopic (exact) mass is 226 g/mol. The second-order valence-electron chi connectivity index (χ2n) is 4.21. The Hall–Kier alpha value is -1.14. The van der Waals surface area contributed by atoms with E-state index in [4.69, 9.17) is 15.3 Å². The second kappa shape index (κ2) is 4.80. The third-order valence-electron chi connectivity index (χ3n) is 2.92. The molecule has 1 fully saturated rings. The molecule has 1 heterocycles. The van der Waals surface area contributed by atoms with Crippen LogP contribution in [0.1, 0.15) is 38.1 Å². The highest BCUT2D eigenvalue weighted by molar-refractivity contribution is 5.28. The third-order valence-corrected chi connectivity index (χ3v) is 2.92. The largest absolute Gasteiger partial charge is 0.406 e. The average Bonchev–Trinajstić information content (AvgIpc) is 2.62. The fourth-order valence-corrected chi connectivity index (χ4v) is 1.77. The molecule has 1 unspecified atom stereocenters. The van der Waals surface area contributed by atoms with Crippen LogP contribution >= 0.6 is 0 Å². The van der Waals surface area contributed by atoms with Crippen LogP contribution in [-0.2, 0) is 0 Å². The predicted molar refractivity (Wildman–Crippen MR) is 59.0 cm³/mol. The van der Waals surface area contributed by atoms with Crippen LogP contribution in [0.3, 0.4) is 0 Å². The second-order valence-corrected chi connectivity index (χ2v) is 4.21. The van der Waals surface area contributed by atoms with Gasteiger partial charge in [0.15, 0.2) is 0 Å². The van der Waals surface area contributed by atoms with E-state index < -0.39 is 0 Å². The van der Waals surface area contributed by atoms with E-state index in [1.165, 1.54) is 6.42 Å². The van der Waals surface area contributed by atoms with Crippen LogP contribution < -0.4 is 10.6 Å². The summed E-state index contributed by atoms with van der Waals surface area (Å²) in [5.74, 6) is 0.442. The van der Waals surface area contributed by atoms with Crippen molar-refractivity contribution in [3.05, 3.63) is 5.89 Å². The molecule has 1 aromatic rings. The summed E-state index contributed by atoms with van der Waals surface area (Å²) in [5.41, 5.74) is 5.66. The molecule has 0 aromatic carbocycles. The SMILES string of the molecule is CC(N)c1nnc(N(CCO)C2CCC2)o1. The molecule has 1 aliphatic rings. The first kappa shape index (κ1) is 11.3. The van der Waals surface area contributed by atoms with Crippen LogP contribution in [-0.4, -0.2) is 34.5 Å². The Balaban J connectivity index is 2.10. The number of nitrogens with zero attached hydrogens (tertiary/aromatic N) is 3. The first-order valence-corrected chi connectivity index (χ1v) is 5.69. The summed E-state index contributed by atoms with van der Waals surface area (Å²) in [7, 11) is 0. The van der Waals surface area contributed by atoms with Gasteiger partial charge in [0, 0.05) is 12.6 Å². The zero-order valence-electron chi connectivity index (χ0n) is 9.46. The molecule has 0 spiro atoms. The summed E-state index contributed by atoms with van der Waals surface area (Å²) in [4.78, 5) is 1.97. The number of hydrogen-bond donors (Lipinski definition) is 2. The quantitative estimate of drug-likeness (QED) is 0.757. The number of aliphatic hydroxyl groups excluding tert-OH is 1. The summed E-state index contributed by atoms with van der Waals surface area (Å²) in [6.07, 6.45) is 3.46. The Bertz CT molecular complexity index is 335. The molecule has 6 nitrogen and oxygen atoms in total. The molecule has 6 heteroatoms. The van der Waals surface area contributed by atoms with Crippen LogP contribution in [0.5, 0.6) is 0 Å². The van der Waals surface area contributed by atoms with Gasteiger partial charge in [-0.1, -0.05) is 5.10 Å². The van der Waals surface area contributed by atoms with Gasteiger partial charge in [0.25, 0.3) is 0 Å². The van der Waals surface area contributed by atoms with Crippen LogP contribution in [0.2, 0.25) is 0 Å². The van der Waals surface area contributed by atoms with Crippen LogP contribution in [0, 0.1) is 0 Å². The summed E-state index contributed by atoms with van der Waals surface area (Å²) in [6, 6.07) is 0.651. The minimum absolute atomic E-state index is 0.0897. The Morgan fingerprint density at radius 2 is 2.31 bits per heavy atom. The third kappa shape index (κ3) is 2.17. The Kier molecular flexibility index (Phi) is 3.40. The van der Waals surface area contributed by atoms with Gasteiger partial charge in [0.1, 0.15) is 0 Å². The number of aliphatic hydroxyl groups is 1. The van der Waals surface area contributed by atoms with Gasteiger partial charge in [-0.15, -0.1) is 5.10 Å². The zero-order chi connectivity index (χ0) is 11.5. The minimum Gasteiger partial charge on any atom is -0.406 e. The molecule has 90 valence electrons. The molecule has 3 N–H and O–H groups in total. The lowest BCUT2D eigenvalue weighted by Gasteiger charge is -2.35. The average molecular weight is 226 g/mol. The van der Waals surface area contributed by atoms with Crippen LogP contribution in [0.15, 0.2) is 4.42 Å². The van der Waals surface area contributed by atoms with Gasteiger partial charge in [-0.05, 0) is 26.2 Å². The van der Waals surface area contributed by atoms with Gasteiger partial charge in [-0.2, -0.15) is 0 Å². The fourth-order valence-electron chi connectivity index (χ4n) is 1.77. The van der Waals surface area contributed by atoms with Gasteiger partial charge in [0.05, 0.1) is 12.6 Å². The van der Waals surface area contributed by atoms with Gasteiger partial charge in [0.2, 0.25) is 5.89 Å². The molecular weight excluding hydrogens is 208 g/mol. The molecule has 2 rings (SSSR count). The summed E-state index contributed by atoms with van der Waals surface area (Å²) >= 11 is 0. The van der Waals surface area contributed by atoms with Crippen molar-refractivity contribution in [3.8, 4) is 0 Å². The molecule has 0 amide bonds. The van der Waals surface area contributed by atoms with E-state index in [9.17, 15) is 0 Å². The summed E-state index contributed by atoms with van der Waals surface area (Å²) in [6.45, 7) is 2.43. The smallest absolute Gasteiger partial charge is 0.318 e. The number of aromatic nitrogens is 2. The maximum Gasteiger partial charge on any atom is 0.318 e. The van der Waals surface area contributed by atoms with E-state index in [1.807, 2.05) is 4.90 Å². The van der Waals surface area contributed by atoms with Crippen molar-refractivity contribution in [1.29, 1.82) is 0 Å². The molecule has 0 aliphatic heterocycles. The fraction of sp³-hybridized carbons (Fsp3) is 0.800. The molecule has 0 saturated heterocycles. The first-order chi connectivity index (χ1) is 7.72. The summed E-state index contributed by atoms with van der Waals surface area (Å²) in [5, 5.41) is 16.9. The van der Waals surface area contributed by atoms with Gasteiger partial charge < -0.3 is 20.2 Å². The lowest BCUT2D eigenvalue weighted by atomic mass is 9.92. The summed E-state index contributed by atoms with van der Waals surface area (Å²) < 4.78 is 5.48. The Morgan fingerprint density at radius 3 is 2.75 bits per heavy atom. The van der Waals surface area contributed by atoms with E-state index in [-0.39, 0.29) is 12.6 Å². The maximum atomic E-state index is 9.03. The van der Waals surface area contributed by atoms with Gasteiger partial charge in [-0.3, -0.25) is 0 Å². The van der Waals surface area contributed by atoms with Crippen molar-refractivity contribution in [3.63, 3.8) is 0 Å². The number of rotatable bonds is 5. The van der Waals surface area contributed by atoms with Crippen molar-refractivity contribution < 1.29 is 9.52 Å². The zero-order valence-corrected chi connectivity index (χ0v) is 9.46. The van der Waals surface area contributed by atoms with E-state index in [1.54, 1.807) is 6.92 Å². The highest BCUT2D eigenvalue weighted by atomic mass is 16.4. The highest BCUT2D eigenvalue weighted by Gasteiger charge is 2.28. The lowest BCUT2D eigenvalue weighted by Crippen LogP contribution is -2.42. The van der Waals surface area contributed by atoms with Crippen LogP contribution in [0.4, 0.5) is 6.01 Å². The van der Waals surface area contributed by atoms with Gasteiger partial charge >= 0.3 is 6.01 Å². The topological polar surface area (TPSA) is 88.4 Å². The minimum atomic E-state index is -0.251. The Labute approximate surface area is 94.4 Å². The van der Waals surface area contributed by atoms with Crippen molar-refractivity contribution in [2.24, 2.45) is 5.73 Å². The normalized spacial score (nSPS) is 18.2. The maximum absolute atomic E-state index is 9.03. The van der Waals surface area contributed by atoms with Crippen molar-refractivity contribution in [1.82, 2.24) is 10.2 Å². The van der Waals surface area contributed by atoms with Crippen molar-refractivity contribution in [2.75, 3.05) is 18.1 Å². The van der Waals surface area contributed by atoms with E-state index >= 15 is 0 Å². The predicted octanol–water partition coefficient (Wildman–Crippen LogP) is 0.440. The molecule has 0 bridgehead atoms. The number of hydrogen-bond acceptors (Lipinski definition) is 6. The molecule has 16 heavy (non-hydrogen) atoms. The first-order valence-electron chi connectivity index (χ1n) is 5.69. The van der Waals surface area contributed by atoms with E-state index in [0.29, 0.717) is 24.5 Å². The van der Waals surface area contributed by atoms with Gasteiger partial charge in [-0.25, -0.2) is 0 Å². The molecule has 1 aromatic heterocycles. The lowest BCUT2D eigenvalue weighted by molar-refractivity contribution is 0.275. The molecule has 1 aliphatic carbocycles. The molecule has 0 radical (unpaired) electrons. The van der Waals surface area contributed by atoms with Crippen LogP contribution in [0.25, 0.3) is 0 Å². The molecule has 1 saturated carbocycles. The standard InChI is InChI=1S/C10H18N4O2/c1-7(11)9-12-13-10(16-9)14(5-6-15)8-3-2-4-8/h7-8,15H,2-6,11H2,1H3. The van der Waals surface area contributed by atoms with Crippen molar-refractivity contribution >= 4 is 6.01 Å². The highest BCUT2D eigenvalue weighted by Crippen LogP contribution is 2.28. The molecular formula is C10H18N4O2.